The summed E-state index contributed by atoms with van der Waals surface area (Å²) in [5, 5.41) is 0. The second-order valence-corrected chi connectivity index (χ2v) is 16.0. The van der Waals surface area contributed by atoms with Crippen LogP contribution in [0.4, 0.5) is 0 Å². The number of carbonyl (C=O) groups excluding carboxylic acids is 3. The summed E-state index contributed by atoms with van der Waals surface area (Å²) in [6, 6.07) is 0. The molecule has 0 aromatic rings. The van der Waals surface area contributed by atoms with E-state index < -0.39 is 6.10 Å². The van der Waals surface area contributed by atoms with Gasteiger partial charge in [-0.2, -0.15) is 0 Å². The van der Waals surface area contributed by atoms with Gasteiger partial charge in [0, 0.05) is 19.3 Å². The third-order valence-electron chi connectivity index (χ3n) is 10.3. The molecule has 0 unspecified atom stereocenters. The molecule has 0 aliphatic carbocycles. The lowest BCUT2D eigenvalue weighted by Gasteiger charge is -2.18. The fraction of sp³-hybridized carbons (Fsp3) is 0.784. The first-order chi connectivity index (χ1) is 28.0. The van der Waals surface area contributed by atoms with Gasteiger partial charge in [0.05, 0.1) is 0 Å². The van der Waals surface area contributed by atoms with Crippen molar-refractivity contribution < 1.29 is 28.6 Å². The van der Waals surface area contributed by atoms with Crippen LogP contribution in [0.25, 0.3) is 0 Å². The van der Waals surface area contributed by atoms with Gasteiger partial charge in [-0.3, -0.25) is 14.4 Å². The molecule has 0 aromatic heterocycles. The molecular weight excluding hydrogens is 709 g/mol. The molecule has 0 aliphatic rings. The van der Waals surface area contributed by atoms with Gasteiger partial charge in [-0.15, -0.1) is 0 Å². The van der Waals surface area contributed by atoms with Crippen LogP contribution < -0.4 is 0 Å². The summed E-state index contributed by atoms with van der Waals surface area (Å²) in [5.41, 5.74) is 0. The van der Waals surface area contributed by atoms with Gasteiger partial charge in [-0.1, -0.05) is 211 Å². The number of hydrogen-bond donors (Lipinski definition) is 0. The van der Waals surface area contributed by atoms with E-state index in [1.165, 1.54) is 128 Å². The molecule has 0 aromatic carbocycles. The van der Waals surface area contributed by atoms with Gasteiger partial charge in [0.15, 0.2) is 6.10 Å². The molecule has 0 bridgehead atoms. The summed E-state index contributed by atoms with van der Waals surface area (Å²) < 4.78 is 16.7. The number of hydrogen-bond acceptors (Lipinski definition) is 6. The van der Waals surface area contributed by atoms with Crippen LogP contribution in [0, 0.1) is 0 Å². The van der Waals surface area contributed by atoms with Gasteiger partial charge in [0.2, 0.25) is 0 Å². The Labute approximate surface area is 352 Å². The average Bonchev–Trinajstić information content (AvgIpc) is 3.21. The van der Waals surface area contributed by atoms with Gasteiger partial charge in [0.25, 0.3) is 0 Å². The van der Waals surface area contributed by atoms with Gasteiger partial charge >= 0.3 is 17.9 Å². The first kappa shape index (κ1) is 54.4. The first-order valence-electron chi connectivity index (χ1n) is 24.1. The average molecular weight is 799 g/mol. The Kier molecular flexibility index (Phi) is 43.9. The molecule has 0 amide bonds. The first-order valence-corrected chi connectivity index (χ1v) is 24.1. The van der Waals surface area contributed by atoms with E-state index in [2.05, 4.69) is 69.4 Å². The highest BCUT2D eigenvalue weighted by Gasteiger charge is 2.19. The predicted octanol–water partition coefficient (Wildman–Crippen LogP) is 15.5. The number of rotatable bonds is 43. The highest BCUT2D eigenvalue weighted by molar-refractivity contribution is 5.71. The Morgan fingerprint density at radius 3 is 1.05 bits per heavy atom. The summed E-state index contributed by atoms with van der Waals surface area (Å²) in [7, 11) is 0. The van der Waals surface area contributed by atoms with Crippen LogP contribution in [0.5, 0.6) is 0 Å². The Morgan fingerprint density at radius 2 is 0.649 bits per heavy atom. The zero-order valence-corrected chi connectivity index (χ0v) is 37.6. The van der Waals surface area contributed by atoms with E-state index in [9.17, 15) is 14.4 Å². The summed E-state index contributed by atoms with van der Waals surface area (Å²) in [6.07, 6.45) is 53.8. The highest BCUT2D eigenvalue weighted by atomic mass is 16.6. The van der Waals surface area contributed by atoms with Crippen molar-refractivity contribution in [1.29, 1.82) is 0 Å². The van der Waals surface area contributed by atoms with E-state index in [0.717, 1.165) is 64.2 Å². The van der Waals surface area contributed by atoms with Crippen molar-refractivity contribution in [3.8, 4) is 0 Å². The minimum Gasteiger partial charge on any atom is -0.462 e. The standard InChI is InChI=1S/C51H90O6/c1-4-7-10-13-16-19-22-24-25-26-27-28-30-32-35-38-41-44-50(53)56-47-48(46-55-49(52)43-40-37-34-31-21-18-15-12-9-6-3)57-51(54)45-42-39-36-33-29-23-20-17-14-11-8-5-2/h16,19,24-25,27-28,32,35,48H,4-15,17-18,20-23,26,29-31,33-34,36-47H2,1-3H3/b19-16-,25-24-,28-27-,35-32-/t48-/m1/s1. The predicted molar refractivity (Wildman–Crippen MR) is 242 cm³/mol. The van der Waals surface area contributed by atoms with E-state index in [1.807, 2.05) is 0 Å². The molecule has 330 valence electrons. The smallest absolute Gasteiger partial charge is 0.306 e. The van der Waals surface area contributed by atoms with Crippen LogP contribution in [-0.2, 0) is 28.6 Å². The lowest BCUT2D eigenvalue weighted by atomic mass is 10.0. The third kappa shape index (κ3) is 44.3. The maximum atomic E-state index is 12.7. The normalized spacial score (nSPS) is 12.4. The van der Waals surface area contributed by atoms with Gasteiger partial charge < -0.3 is 14.2 Å². The molecule has 0 radical (unpaired) electrons. The lowest BCUT2D eigenvalue weighted by Crippen LogP contribution is -2.30. The SMILES string of the molecule is CCCCC/C=C\C/C=C\C/C=C\C/C=C\CCCC(=O)OC[C@@H](COC(=O)CCCCCCCCCCCC)OC(=O)CCCCCCCCCCCCCC. The minimum absolute atomic E-state index is 0.0870. The van der Waals surface area contributed by atoms with E-state index in [0.29, 0.717) is 19.3 Å². The van der Waals surface area contributed by atoms with Crippen LogP contribution >= 0.6 is 0 Å². The highest BCUT2D eigenvalue weighted by Crippen LogP contribution is 2.15. The molecule has 0 saturated carbocycles. The van der Waals surface area contributed by atoms with E-state index in [4.69, 9.17) is 14.2 Å². The molecule has 0 aliphatic heterocycles. The van der Waals surface area contributed by atoms with E-state index in [1.54, 1.807) is 0 Å². The Bertz CT molecular complexity index is 1010. The zero-order chi connectivity index (χ0) is 41.5. The van der Waals surface area contributed by atoms with Crippen molar-refractivity contribution in [3.05, 3.63) is 48.6 Å². The Morgan fingerprint density at radius 1 is 0.351 bits per heavy atom. The van der Waals surface area contributed by atoms with Crippen molar-refractivity contribution in [2.45, 2.75) is 245 Å². The number of esters is 3. The summed E-state index contributed by atoms with van der Waals surface area (Å²) >= 11 is 0. The minimum atomic E-state index is -0.788. The van der Waals surface area contributed by atoms with E-state index in [-0.39, 0.29) is 37.5 Å². The largest absolute Gasteiger partial charge is 0.462 e. The fourth-order valence-corrected chi connectivity index (χ4v) is 6.67. The summed E-state index contributed by atoms with van der Waals surface area (Å²) in [4.78, 5) is 37.8. The Hall–Kier alpha value is -2.63. The lowest BCUT2D eigenvalue weighted by molar-refractivity contribution is -0.167. The molecule has 0 spiro atoms. The van der Waals surface area contributed by atoms with Gasteiger partial charge in [-0.05, 0) is 57.8 Å². The molecule has 0 fully saturated rings. The molecule has 0 saturated heterocycles. The summed E-state index contributed by atoms with van der Waals surface area (Å²) in [6.45, 7) is 6.55. The zero-order valence-electron chi connectivity index (χ0n) is 37.6. The van der Waals surface area contributed by atoms with Crippen molar-refractivity contribution in [2.24, 2.45) is 0 Å². The van der Waals surface area contributed by atoms with Crippen molar-refractivity contribution in [3.63, 3.8) is 0 Å². The fourth-order valence-electron chi connectivity index (χ4n) is 6.67. The maximum Gasteiger partial charge on any atom is 0.306 e. The molecule has 57 heavy (non-hydrogen) atoms. The van der Waals surface area contributed by atoms with Gasteiger partial charge in [-0.25, -0.2) is 0 Å². The Balaban J connectivity index is 4.43. The second kappa shape index (κ2) is 46.1. The van der Waals surface area contributed by atoms with E-state index >= 15 is 0 Å². The number of ether oxygens (including phenoxy) is 3. The molecule has 0 rings (SSSR count). The third-order valence-corrected chi connectivity index (χ3v) is 10.3. The number of carbonyl (C=O) groups is 3. The topological polar surface area (TPSA) is 78.9 Å². The number of unbranched alkanes of at least 4 members (excludes halogenated alkanes) is 24. The summed E-state index contributed by atoms with van der Waals surface area (Å²) in [5.74, 6) is -0.944. The molecule has 0 N–H and O–H groups in total. The monoisotopic (exact) mass is 799 g/mol. The van der Waals surface area contributed by atoms with Crippen LogP contribution in [0.3, 0.4) is 0 Å². The van der Waals surface area contributed by atoms with Crippen LogP contribution in [-0.4, -0.2) is 37.2 Å². The molecule has 1 atom stereocenters. The quantitative estimate of drug-likeness (QED) is 0.0265. The van der Waals surface area contributed by atoms with Crippen molar-refractivity contribution in [1.82, 2.24) is 0 Å². The van der Waals surface area contributed by atoms with Crippen LogP contribution in [0.1, 0.15) is 239 Å². The molecular formula is C51H90O6. The van der Waals surface area contributed by atoms with Crippen LogP contribution in [0.15, 0.2) is 48.6 Å². The number of allylic oxidation sites excluding steroid dienone is 8. The van der Waals surface area contributed by atoms with Gasteiger partial charge in [0.1, 0.15) is 13.2 Å². The maximum absolute atomic E-state index is 12.7. The molecule has 6 nitrogen and oxygen atoms in total. The molecule has 0 heterocycles. The molecule has 6 heteroatoms. The van der Waals surface area contributed by atoms with Crippen molar-refractivity contribution >= 4 is 17.9 Å². The second-order valence-electron chi connectivity index (χ2n) is 16.0. The van der Waals surface area contributed by atoms with Crippen molar-refractivity contribution in [2.75, 3.05) is 13.2 Å². The van der Waals surface area contributed by atoms with Crippen LogP contribution in [0.2, 0.25) is 0 Å².